The minimum absolute atomic E-state index is 0.181. The summed E-state index contributed by atoms with van der Waals surface area (Å²) in [5, 5.41) is 3.16. The Hall–Kier alpha value is -2.26. The second-order valence-electron chi connectivity index (χ2n) is 10.3. The number of amides is 2. The van der Waals surface area contributed by atoms with Crippen molar-refractivity contribution in [3.05, 3.63) is 29.8 Å². The number of nitrogens with zero attached hydrogens (tertiary/aromatic N) is 2. The SMILES string of the molecule is N[C@H](C(=O)N1C[C@H]2CCCN2CC1C(=O)N[C@@H]1CCOc2ccccc21)C1CCC(F)(F)CC1. The van der Waals surface area contributed by atoms with E-state index in [9.17, 15) is 18.4 Å². The lowest BCUT2D eigenvalue weighted by Gasteiger charge is -2.45. The van der Waals surface area contributed by atoms with E-state index < -0.39 is 18.0 Å². The Morgan fingerprint density at radius 1 is 1.12 bits per heavy atom. The van der Waals surface area contributed by atoms with E-state index in [1.165, 1.54) is 0 Å². The summed E-state index contributed by atoms with van der Waals surface area (Å²) < 4.78 is 33.0. The minimum Gasteiger partial charge on any atom is -0.493 e. The number of para-hydroxylation sites is 1. The van der Waals surface area contributed by atoms with Gasteiger partial charge < -0.3 is 20.7 Å². The molecule has 3 heterocycles. The van der Waals surface area contributed by atoms with Crippen molar-refractivity contribution in [1.29, 1.82) is 0 Å². The Morgan fingerprint density at radius 2 is 1.88 bits per heavy atom. The quantitative estimate of drug-likeness (QED) is 0.697. The van der Waals surface area contributed by atoms with Crippen LogP contribution in [0.4, 0.5) is 8.78 Å². The van der Waals surface area contributed by atoms with Gasteiger partial charge in [0.05, 0.1) is 18.7 Å². The average Bonchev–Trinajstić information content (AvgIpc) is 3.30. The number of hydrogen-bond donors (Lipinski definition) is 2. The predicted octanol–water partition coefficient (Wildman–Crippen LogP) is 2.45. The molecule has 2 amide bonds. The van der Waals surface area contributed by atoms with E-state index in [0.717, 1.165) is 30.7 Å². The topological polar surface area (TPSA) is 87.9 Å². The summed E-state index contributed by atoms with van der Waals surface area (Å²) in [7, 11) is 0. The molecule has 1 unspecified atom stereocenters. The summed E-state index contributed by atoms with van der Waals surface area (Å²) >= 11 is 0. The number of carbonyl (C=O) groups is 2. The highest BCUT2D eigenvalue weighted by Crippen LogP contribution is 2.38. The molecule has 4 aliphatic rings. The lowest BCUT2D eigenvalue weighted by Crippen LogP contribution is -2.65. The van der Waals surface area contributed by atoms with E-state index in [4.69, 9.17) is 10.5 Å². The Kier molecular flexibility index (Phi) is 6.50. The molecule has 2 saturated heterocycles. The van der Waals surface area contributed by atoms with Crippen molar-refractivity contribution in [2.45, 2.75) is 75.0 Å². The first-order valence-corrected chi connectivity index (χ1v) is 12.5. The molecular weight excluding hydrogens is 442 g/mol. The van der Waals surface area contributed by atoms with E-state index in [1.54, 1.807) is 4.90 Å². The highest BCUT2D eigenvalue weighted by atomic mass is 19.3. The monoisotopic (exact) mass is 476 g/mol. The maximum Gasteiger partial charge on any atom is 0.248 e. The molecule has 3 aliphatic heterocycles. The predicted molar refractivity (Wildman–Crippen MR) is 122 cm³/mol. The Bertz CT molecular complexity index is 919. The number of carbonyl (C=O) groups excluding carboxylic acids is 2. The summed E-state index contributed by atoms with van der Waals surface area (Å²) in [6.45, 7) is 2.36. The first kappa shape index (κ1) is 23.5. The van der Waals surface area contributed by atoms with Crippen molar-refractivity contribution in [3.8, 4) is 5.75 Å². The van der Waals surface area contributed by atoms with Crippen LogP contribution < -0.4 is 15.8 Å². The van der Waals surface area contributed by atoms with Crippen molar-refractivity contribution in [2.75, 3.05) is 26.2 Å². The van der Waals surface area contributed by atoms with Crippen LogP contribution in [0.25, 0.3) is 0 Å². The molecule has 0 radical (unpaired) electrons. The van der Waals surface area contributed by atoms with Crippen LogP contribution >= 0.6 is 0 Å². The van der Waals surface area contributed by atoms with Gasteiger partial charge in [-0.3, -0.25) is 14.5 Å². The van der Waals surface area contributed by atoms with Gasteiger partial charge in [-0.25, -0.2) is 8.78 Å². The lowest BCUT2D eigenvalue weighted by atomic mass is 9.81. The number of nitrogens with one attached hydrogen (secondary N) is 1. The van der Waals surface area contributed by atoms with Crippen molar-refractivity contribution >= 4 is 11.8 Å². The maximum atomic E-state index is 13.6. The molecule has 0 spiro atoms. The van der Waals surface area contributed by atoms with Gasteiger partial charge in [-0.2, -0.15) is 0 Å². The summed E-state index contributed by atoms with van der Waals surface area (Å²) in [6, 6.07) is 6.21. The van der Waals surface area contributed by atoms with E-state index in [0.29, 0.717) is 26.1 Å². The van der Waals surface area contributed by atoms with E-state index in [-0.39, 0.29) is 55.5 Å². The molecule has 4 atom stereocenters. The molecule has 34 heavy (non-hydrogen) atoms. The third-order valence-corrected chi connectivity index (χ3v) is 8.11. The molecule has 0 aromatic heterocycles. The molecule has 1 aromatic rings. The number of piperazine rings is 1. The summed E-state index contributed by atoms with van der Waals surface area (Å²) in [5.74, 6) is -2.65. The highest BCUT2D eigenvalue weighted by molar-refractivity contribution is 5.90. The van der Waals surface area contributed by atoms with E-state index in [2.05, 4.69) is 10.2 Å². The Labute approximate surface area is 199 Å². The summed E-state index contributed by atoms with van der Waals surface area (Å²) in [4.78, 5) is 31.0. The second kappa shape index (κ2) is 9.41. The number of fused-ring (bicyclic) bond motifs is 2. The highest BCUT2D eigenvalue weighted by Gasteiger charge is 2.45. The van der Waals surface area contributed by atoms with Gasteiger partial charge in [0.15, 0.2) is 0 Å². The number of rotatable bonds is 4. The zero-order valence-electron chi connectivity index (χ0n) is 19.4. The molecule has 3 fully saturated rings. The van der Waals surface area contributed by atoms with Crippen molar-refractivity contribution < 1.29 is 23.1 Å². The minimum atomic E-state index is -2.67. The number of nitrogens with two attached hydrogens (primary N) is 1. The Morgan fingerprint density at radius 3 is 2.68 bits per heavy atom. The molecule has 0 bridgehead atoms. The number of benzene rings is 1. The van der Waals surface area contributed by atoms with Crippen molar-refractivity contribution in [2.24, 2.45) is 11.7 Å². The van der Waals surface area contributed by atoms with Crippen LogP contribution in [0.15, 0.2) is 24.3 Å². The Balaban J connectivity index is 1.32. The summed E-state index contributed by atoms with van der Waals surface area (Å²) in [5.41, 5.74) is 7.30. The van der Waals surface area contributed by atoms with Crippen molar-refractivity contribution in [3.63, 3.8) is 0 Å². The van der Waals surface area contributed by atoms with Gasteiger partial charge in [0, 0.05) is 44.0 Å². The van der Waals surface area contributed by atoms with Crippen LogP contribution in [0.2, 0.25) is 0 Å². The maximum absolute atomic E-state index is 13.6. The molecule has 7 nitrogen and oxygen atoms in total. The molecular formula is C25H34F2N4O3. The van der Waals surface area contributed by atoms with Crippen LogP contribution in [0.5, 0.6) is 5.75 Å². The smallest absolute Gasteiger partial charge is 0.248 e. The van der Waals surface area contributed by atoms with Crippen LogP contribution in [0, 0.1) is 5.92 Å². The van der Waals surface area contributed by atoms with Crippen LogP contribution in [0.3, 0.4) is 0 Å². The second-order valence-corrected chi connectivity index (χ2v) is 10.3. The van der Waals surface area contributed by atoms with Crippen LogP contribution in [-0.2, 0) is 9.59 Å². The summed E-state index contributed by atoms with van der Waals surface area (Å²) in [6.07, 6.45) is 2.68. The van der Waals surface area contributed by atoms with E-state index >= 15 is 0 Å². The molecule has 186 valence electrons. The molecule has 3 N–H and O–H groups in total. The fraction of sp³-hybridized carbons (Fsp3) is 0.680. The van der Waals surface area contributed by atoms with Gasteiger partial charge in [0.1, 0.15) is 11.8 Å². The van der Waals surface area contributed by atoms with E-state index in [1.807, 2.05) is 24.3 Å². The largest absolute Gasteiger partial charge is 0.493 e. The molecule has 1 aromatic carbocycles. The zero-order valence-corrected chi connectivity index (χ0v) is 19.4. The van der Waals surface area contributed by atoms with Gasteiger partial charge in [-0.15, -0.1) is 0 Å². The normalized spacial score (nSPS) is 30.1. The fourth-order valence-corrected chi connectivity index (χ4v) is 6.06. The lowest BCUT2D eigenvalue weighted by molar-refractivity contribution is -0.148. The van der Waals surface area contributed by atoms with Gasteiger partial charge in [0.25, 0.3) is 0 Å². The zero-order chi connectivity index (χ0) is 23.9. The first-order valence-electron chi connectivity index (χ1n) is 12.5. The van der Waals surface area contributed by atoms with Gasteiger partial charge in [-0.1, -0.05) is 18.2 Å². The number of hydrogen-bond acceptors (Lipinski definition) is 5. The molecule has 5 rings (SSSR count). The number of halogens is 2. The third-order valence-electron chi connectivity index (χ3n) is 8.11. The van der Waals surface area contributed by atoms with Gasteiger partial charge in [0.2, 0.25) is 17.7 Å². The fourth-order valence-electron chi connectivity index (χ4n) is 6.06. The first-order chi connectivity index (χ1) is 16.3. The van der Waals surface area contributed by atoms with Crippen molar-refractivity contribution in [1.82, 2.24) is 15.1 Å². The molecule has 9 heteroatoms. The third kappa shape index (κ3) is 4.64. The van der Waals surface area contributed by atoms with Gasteiger partial charge in [-0.05, 0) is 44.2 Å². The number of alkyl halides is 2. The van der Waals surface area contributed by atoms with Gasteiger partial charge >= 0.3 is 0 Å². The van der Waals surface area contributed by atoms with Crippen LogP contribution in [-0.4, -0.2) is 71.9 Å². The molecule has 1 aliphatic carbocycles. The molecule has 1 saturated carbocycles. The number of ether oxygens (including phenoxy) is 1. The standard InChI is InChI=1S/C25H34F2N4O3/c26-25(27)10-7-16(8-11-25)22(28)24(33)31-14-17-4-3-12-30(17)15-20(31)23(32)29-19-9-13-34-21-6-2-1-5-18(19)21/h1-2,5-6,16-17,19-20,22H,3-4,7-15,28H2,(H,29,32)/t17-,19-,20?,22+/m1/s1. The van der Waals surface area contributed by atoms with Crippen LogP contribution in [0.1, 0.15) is 56.6 Å². The average molecular weight is 477 g/mol.